The lowest BCUT2D eigenvalue weighted by atomic mass is 9.83. The minimum Gasteiger partial charge on any atom is -0.508 e. The third-order valence-electron chi connectivity index (χ3n) is 2.75. The molecule has 1 fully saturated rings. The van der Waals surface area contributed by atoms with Gasteiger partial charge in [0.2, 0.25) is 5.76 Å². The van der Waals surface area contributed by atoms with E-state index >= 15 is 0 Å². The molecule has 0 aromatic heterocycles. The smallest absolute Gasteiger partial charge is 0.377 e. The molecule has 0 bridgehead atoms. The van der Waals surface area contributed by atoms with Crippen LogP contribution in [-0.4, -0.2) is 22.3 Å². The number of carbonyl (C=O) groups excluding carboxylic acids is 1. The highest BCUT2D eigenvalue weighted by atomic mass is 16.6. The zero-order chi connectivity index (χ0) is 9.42. The molecule has 1 saturated carbocycles. The van der Waals surface area contributed by atoms with Crippen molar-refractivity contribution in [3.63, 3.8) is 0 Å². The van der Waals surface area contributed by atoms with Gasteiger partial charge in [0, 0.05) is 0 Å². The first-order valence-corrected chi connectivity index (χ1v) is 4.53. The fourth-order valence-corrected chi connectivity index (χ4v) is 2.02. The van der Waals surface area contributed by atoms with Crippen LogP contribution in [0.25, 0.3) is 0 Å². The van der Waals surface area contributed by atoms with Crippen LogP contribution in [0.2, 0.25) is 0 Å². The lowest BCUT2D eigenvalue weighted by Crippen LogP contribution is -2.37. The molecule has 0 amide bonds. The maximum absolute atomic E-state index is 11.0. The molecule has 2 rings (SSSR count). The number of aliphatic hydroxyl groups is 2. The molecule has 2 N–H and O–H groups in total. The maximum Gasteiger partial charge on any atom is 0.377 e. The molecule has 0 aromatic rings. The molecule has 0 radical (unpaired) electrons. The predicted octanol–water partition coefficient (Wildman–Crippen LogP) is 1.43. The SMILES string of the molecule is O=C1OC2CCCCC2C(O)=C1O. The summed E-state index contributed by atoms with van der Waals surface area (Å²) in [6, 6.07) is 0. The molecule has 72 valence electrons. The third-order valence-corrected chi connectivity index (χ3v) is 2.75. The third kappa shape index (κ3) is 1.26. The topological polar surface area (TPSA) is 66.8 Å². The van der Waals surface area contributed by atoms with E-state index < -0.39 is 11.7 Å². The summed E-state index contributed by atoms with van der Waals surface area (Å²) in [7, 11) is 0. The van der Waals surface area contributed by atoms with Gasteiger partial charge in [0.05, 0.1) is 5.92 Å². The summed E-state index contributed by atoms with van der Waals surface area (Å²) in [5, 5.41) is 18.6. The fourth-order valence-electron chi connectivity index (χ4n) is 2.02. The number of rotatable bonds is 0. The summed E-state index contributed by atoms with van der Waals surface area (Å²) in [6.45, 7) is 0. The van der Waals surface area contributed by atoms with Gasteiger partial charge in [-0.25, -0.2) is 4.79 Å². The Balaban J connectivity index is 2.28. The highest BCUT2D eigenvalue weighted by molar-refractivity contribution is 5.87. The molecule has 4 heteroatoms. The van der Waals surface area contributed by atoms with Gasteiger partial charge in [-0.15, -0.1) is 0 Å². The number of hydrogen-bond donors (Lipinski definition) is 2. The molecular weight excluding hydrogens is 172 g/mol. The van der Waals surface area contributed by atoms with Crippen molar-refractivity contribution in [2.45, 2.75) is 31.8 Å². The lowest BCUT2D eigenvalue weighted by molar-refractivity contribution is -0.156. The number of hydrogen-bond acceptors (Lipinski definition) is 4. The average Bonchev–Trinajstić information content (AvgIpc) is 2.15. The highest BCUT2D eigenvalue weighted by Gasteiger charge is 2.39. The van der Waals surface area contributed by atoms with Crippen LogP contribution in [0.5, 0.6) is 0 Å². The summed E-state index contributed by atoms with van der Waals surface area (Å²) in [4.78, 5) is 11.0. The highest BCUT2D eigenvalue weighted by Crippen LogP contribution is 2.35. The Bertz CT molecular complexity index is 269. The first-order chi connectivity index (χ1) is 6.20. The molecule has 2 aliphatic rings. The second kappa shape index (κ2) is 2.94. The van der Waals surface area contributed by atoms with Crippen LogP contribution in [-0.2, 0) is 9.53 Å². The van der Waals surface area contributed by atoms with Crippen LogP contribution in [0.4, 0.5) is 0 Å². The predicted molar refractivity (Wildman–Crippen MR) is 44.1 cm³/mol. The van der Waals surface area contributed by atoms with E-state index in [9.17, 15) is 9.90 Å². The van der Waals surface area contributed by atoms with Crippen molar-refractivity contribution in [2.24, 2.45) is 5.92 Å². The van der Waals surface area contributed by atoms with E-state index in [1.807, 2.05) is 0 Å². The zero-order valence-electron chi connectivity index (χ0n) is 7.19. The molecule has 1 aliphatic carbocycles. The zero-order valence-corrected chi connectivity index (χ0v) is 7.19. The molecule has 13 heavy (non-hydrogen) atoms. The number of fused-ring (bicyclic) bond motifs is 1. The molecule has 1 aliphatic heterocycles. The van der Waals surface area contributed by atoms with Gasteiger partial charge in [-0.1, -0.05) is 6.42 Å². The van der Waals surface area contributed by atoms with Gasteiger partial charge in [-0.3, -0.25) is 0 Å². The van der Waals surface area contributed by atoms with Gasteiger partial charge in [-0.05, 0) is 19.3 Å². The summed E-state index contributed by atoms with van der Waals surface area (Å²) in [5.41, 5.74) is 0. The van der Waals surface area contributed by atoms with Crippen LogP contribution in [0.3, 0.4) is 0 Å². The van der Waals surface area contributed by atoms with Crippen molar-refractivity contribution in [1.29, 1.82) is 0 Å². The van der Waals surface area contributed by atoms with Gasteiger partial charge >= 0.3 is 5.97 Å². The molecule has 4 nitrogen and oxygen atoms in total. The first kappa shape index (κ1) is 8.41. The van der Waals surface area contributed by atoms with Crippen molar-refractivity contribution < 1.29 is 19.7 Å². The monoisotopic (exact) mass is 184 g/mol. The summed E-state index contributed by atoms with van der Waals surface area (Å²) in [6.07, 6.45) is 3.37. The van der Waals surface area contributed by atoms with E-state index in [1.54, 1.807) is 0 Å². The van der Waals surface area contributed by atoms with Crippen molar-refractivity contribution in [1.82, 2.24) is 0 Å². The number of esters is 1. The number of aliphatic hydroxyl groups excluding tert-OH is 2. The normalized spacial score (nSPS) is 34.0. The molecule has 0 aromatic carbocycles. The number of ether oxygens (including phenoxy) is 1. The average molecular weight is 184 g/mol. The Morgan fingerprint density at radius 2 is 1.92 bits per heavy atom. The standard InChI is InChI=1S/C9H12O4/c10-7-5-3-1-2-4-6(5)13-9(12)8(7)11/h5-6,10-11H,1-4H2. The van der Waals surface area contributed by atoms with Crippen molar-refractivity contribution in [3.8, 4) is 0 Å². The van der Waals surface area contributed by atoms with Crippen LogP contribution < -0.4 is 0 Å². The lowest BCUT2D eigenvalue weighted by Gasteiger charge is -2.33. The van der Waals surface area contributed by atoms with Crippen molar-refractivity contribution >= 4 is 5.97 Å². The summed E-state index contributed by atoms with van der Waals surface area (Å²) >= 11 is 0. The van der Waals surface area contributed by atoms with Gasteiger partial charge in [-0.2, -0.15) is 0 Å². The molecule has 1 heterocycles. The van der Waals surface area contributed by atoms with E-state index in [0.717, 1.165) is 25.7 Å². The maximum atomic E-state index is 11.0. The summed E-state index contributed by atoms with van der Waals surface area (Å²) < 4.78 is 4.97. The van der Waals surface area contributed by atoms with E-state index in [4.69, 9.17) is 9.84 Å². The van der Waals surface area contributed by atoms with Crippen LogP contribution in [0.15, 0.2) is 11.5 Å². The Kier molecular flexibility index (Phi) is 1.90. The Hall–Kier alpha value is -1.19. The Morgan fingerprint density at radius 1 is 1.23 bits per heavy atom. The van der Waals surface area contributed by atoms with Crippen LogP contribution in [0, 0.1) is 5.92 Å². The van der Waals surface area contributed by atoms with E-state index in [2.05, 4.69) is 0 Å². The first-order valence-electron chi connectivity index (χ1n) is 4.53. The van der Waals surface area contributed by atoms with E-state index in [0.29, 0.717) is 0 Å². The van der Waals surface area contributed by atoms with Gasteiger partial charge < -0.3 is 14.9 Å². The largest absolute Gasteiger partial charge is 0.508 e. The van der Waals surface area contributed by atoms with E-state index in [1.165, 1.54) is 0 Å². The Morgan fingerprint density at radius 3 is 2.69 bits per heavy atom. The van der Waals surface area contributed by atoms with Crippen molar-refractivity contribution in [2.75, 3.05) is 0 Å². The molecule has 0 spiro atoms. The Labute approximate surface area is 75.8 Å². The van der Waals surface area contributed by atoms with Gasteiger partial charge in [0.25, 0.3) is 0 Å². The minimum atomic E-state index is -0.791. The minimum absolute atomic E-state index is 0.175. The summed E-state index contributed by atoms with van der Waals surface area (Å²) in [5.74, 6) is -1.75. The van der Waals surface area contributed by atoms with Gasteiger partial charge in [0.15, 0.2) is 0 Å². The van der Waals surface area contributed by atoms with E-state index in [-0.39, 0.29) is 17.8 Å². The van der Waals surface area contributed by atoms with Crippen molar-refractivity contribution in [3.05, 3.63) is 11.5 Å². The molecule has 2 atom stereocenters. The fraction of sp³-hybridized carbons (Fsp3) is 0.667. The molecular formula is C9H12O4. The quantitative estimate of drug-likeness (QED) is 0.559. The van der Waals surface area contributed by atoms with Crippen LogP contribution >= 0.6 is 0 Å². The second-order valence-electron chi connectivity index (χ2n) is 3.57. The molecule has 0 saturated heterocycles. The second-order valence-corrected chi connectivity index (χ2v) is 3.57. The van der Waals surface area contributed by atoms with Gasteiger partial charge in [0.1, 0.15) is 11.9 Å². The number of carbonyl (C=O) groups is 1. The molecule has 2 unspecified atom stereocenters. The van der Waals surface area contributed by atoms with Crippen LogP contribution in [0.1, 0.15) is 25.7 Å².